The van der Waals surface area contributed by atoms with E-state index < -0.39 is 10.0 Å². The van der Waals surface area contributed by atoms with Crippen LogP contribution in [-0.4, -0.2) is 14.1 Å². The minimum absolute atomic E-state index is 0.185. The third-order valence-corrected chi connectivity index (χ3v) is 5.15. The summed E-state index contributed by atoms with van der Waals surface area (Å²) >= 11 is 0. The van der Waals surface area contributed by atoms with Crippen LogP contribution in [0.4, 0.5) is 0 Å². The number of sulfonamides is 1. The maximum atomic E-state index is 12.7. The third-order valence-electron chi connectivity index (χ3n) is 3.84. The van der Waals surface area contributed by atoms with Crippen molar-refractivity contribution in [1.82, 2.24) is 0 Å². The van der Waals surface area contributed by atoms with Crippen molar-refractivity contribution in [2.24, 2.45) is 4.40 Å². The van der Waals surface area contributed by atoms with Gasteiger partial charge in [0, 0.05) is 5.56 Å². The Labute approximate surface area is 154 Å². The van der Waals surface area contributed by atoms with Gasteiger partial charge in [-0.15, -0.1) is 0 Å². The summed E-state index contributed by atoms with van der Waals surface area (Å²) in [5.74, 6) is 0. The van der Waals surface area contributed by atoms with Gasteiger partial charge in [-0.1, -0.05) is 84.4 Å². The average Bonchev–Trinajstić information content (AvgIpc) is 2.67. The number of rotatable bonds is 5. The molecule has 0 amide bonds. The molecule has 0 aliphatic rings. The van der Waals surface area contributed by atoms with Crippen molar-refractivity contribution in [2.75, 3.05) is 0 Å². The molecule has 0 aliphatic carbocycles. The van der Waals surface area contributed by atoms with Crippen LogP contribution in [0.15, 0.2) is 100 Å². The van der Waals surface area contributed by atoms with Gasteiger partial charge in [0.05, 0.1) is 10.6 Å². The van der Waals surface area contributed by atoms with Crippen molar-refractivity contribution in [3.05, 3.63) is 108 Å². The molecule has 3 aromatic carbocycles. The number of benzene rings is 3. The molecule has 3 rings (SSSR count). The summed E-state index contributed by atoms with van der Waals surface area (Å²) in [5, 5.41) is 0. The van der Waals surface area contributed by atoms with Gasteiger partial charge in [-0.2, -0.15) is 12.8 Å². The predicted molar refractivity (Wildman–Crippen MR) is 107 cm³/mol. The van der Waals surface area contributed by atoms with Crippen LogP contribution in [0.5, 0.6) is 0 Å². The first-order valence-electron chi connectivity index (χ1n) is 8.25. The smallest absolute Gasteiger partial charge is 0.199 e. The molecule has 0 aliphatic heterocycles. The van der Waals surface area contributed by atoms with Crippen molar-refractivity contribution in [1.29, 1.82) is 0 Å². The SMILES string of the molecule is Cc1ccc(S(=O)(=O)/N=C(/C=C/c2ccccc2)c2ccccc2)cc1. The molecule has 0 fully saturated rings. The molecule has 4 heteroatoms. The summed E-state index contributed by atoms with van der Waals surface area (Å²) in [7, 11) is -3.79. The van der Waals surface area contributed by atoms with Gasteiger partial charge in [0.1, 0.15) is 0 Å². The van der Waals surface area contributed by atoms with Gasteiger partial charge >= 0.3 is 0 Å². The average molecular weight is 361 g/mol. The van der Waals surface area contributed by atoms with Crippen LogP contribution in [0.2, 0.25) is 0 Å². The minimum Gasteiger partial charge on any atom is -0.199 e. The molecule has 0 saturated heterocycles. The highest BCUT2D eigenvalue weighted by atomic mass is 32.2. The minimum atomic E-state index is -3.79. The fraction of sp³-hybridized carbons (Fsp3) is 0.0455. The predicted octanol–water partition coefficient (Wildman–Crippen LogP) is 4.89. The van der Waals surface area contributed by atoms with Crippen LogP contribution in [-0.2, 0) is 10.0 Å². The first kappa shape index (κ1) is 17.8. The molecule has 0 aromatic heterocycles. The zero-order valence-electron chi connectivity index (χ0n) is 14.4. The van der Waals surface area contributed by atoms with Crippen LogP contribution in [0.25, 0.3) is 6.08 Å². The zero-order valence-corrected chi connectivity index (χ0v) is 15.2. The van der Waals surface area contributed by atoms with Gasteiger partial charge in [0.25, 0.3) is 10.0 Å². The molecule has 26 heavy (non-hydrogen) atoms. The van der Waals surface area contributed by atoms with Crippen LogP contribution in [0.1, 0.15) is 16.7 Å². The Kier molecular flexibility index (Phi) is 5.44. The van der Waals surface area contributed by atoms with E-state index in [0.717, 1.165) is 16.7 Å². The Balaban J connectivity index is 2.04. The van der Waals surface area contributed by atoms with Gasteiger partial charge < -0.3 is 0 Å². The van der Waals surface area contributed by atoms with Crippen molar-refractivity contribution in [3.8, 4) is 0 Å². The molecule has 0 unspecified atom stereocenters. The van der Waals surface area contributed by atoms with Gasteiger partial charge in [0.2, 0.25) is 0 Å². The first-order chi connectivity index (χ1) is 12.5. The molecular formula is C22H19NO2S. The maximum absolute atomic E-state index is 12.7. The lowest BCUT2D eigenvalue weighted by Gasteiger charge is -2.04. The second kappa shape index (κ2) is 7.93. The van der Waals surface area contributed by atoms with E-state index in [-0.39, 0.29) is 4.90 Å². The van der Waals surface area contributed by atoms with Crippen LogP contribution in [0.3, 0.4) is 0 Å². The van der Waals surface area contributed by atoms with E-state index >= 15 is 0 Å². The number of allylic oxidation sites excluding steroid dienone is 1. The van der Waals surface area contributed by atoms with Crippen molar-refractivity contribution >= 4 is 21.8 Å². The summed E-state index contributed by atoms with van der Waals surface area (Å²) in [6.07, 6.45) is 3.59. The first-order valence-corrected chi connectivity index (χ1v) is 9.69. The molecule has 0 saturated carbocycles. The second-order valence-electron chi connectivity index (χ2n) is 5.87. The van der Waals surface area contributed by atoms with Gasteiger partial charge in [0.15, 0.2) is 0 Å². The number of hydrogen-bond donors (Lipinski definition) is 0. The molecule has 3 nitrogen and oxygen atoms in total. The molecule has 0 heterocycles. The van der Waals surface area contributed by atoms with E-state index in [1.165, 1.54) is 0 Å². The number of nitrogens with zero attached hydrogens (tertiary/aromatic N) is 1. The van der Waals surface area contributed by atoms with E-state index in [2.05, 4.69) is 4.40 Å². The highest BCUT2D eigenvalue weighted by Gasteiger charge is 2.14. The Bertz CT molecular complexity index is 1020. The molecule has 0 atom stereocenters. The van der Waals surface area contributed by atoms with Crippen molar-refractivity contribution < 1.29 is 8.42 Å². The van der Waals surface area contributed by atoms with Gasteiger partial charge in [-0.3, -0.25) is 0 Å². The normalized spacial score (nSPS) is 12.4. The fourth-order valence-corrected chi connectivity index (χ4v) is 3.43. The highest BCUT2D eigenvalue weighted by molar-refractivity contribution is 7.90. The topological polar surface area (TPSA) is 46.5 Å². The Morgan fingerprint density at radius 1 is 0.808 bits per heavy atom. The van der Waals surface area contributed by atoms with E-state index in [4.69, 9.17) is 0 Å². The van der Waals surface area contributed by atoms with Gasteiger partial charge in [-0.25, -0.2) is 0 Å². The summed E-state index contributed by atoms with van der Waals surface area (Å²) in [5.41, 5.74) is 3.12. The lowest BCUT2D eigenvalue weighted by atomic mass is 10.1. The fourth-order valence-electron chi connectivity index (χ4n) is 2.42. The Morgan fingerprint density at radius 2 is 1.38 bits per heavy atom. The lowest BCUT2D eigenvalue weighted by molar-refractivity contribution is 0.598. The summed E-state index contributed by atoms with van der Waals surface area (Å²) < 4.78 is 29.5. The van der Waals surface area contributed by atoms with Crippen molar-refractivity contribution in [2.45, 2.75) is 11.8 Å². The van der Waals surface area contributed by atoms with E-state index in [9.17, 15) is 8.42 Å². The number of hydrogen-bond acceptors (Lipinski definition) is 2. The molecule has 3 aromatic rings. The molecule has 130 valence electrons. The number of aryl methyl sites for hydroxylation is 1. The summed E-state index contributed by atoms with van der Waals surface area (Å²) in [4.78, 5) is 0.185. The Morgan fingerprint density at radius 3 is 2.00 bits per heavy atom. The maximum Gasteiger partial charge on any atom is 0.282 e. The van der Waals surface area contributed by atoms with E-state index in [1.54, 1.807) is 30.3 Å². The zero-order chi connectivity index (χ0) is 18.4. The molecule has 0 radical (unpaired) electrons. The molecule has 0 spiro atoms. The van der Waals surface area contributed by atoms with Crippen LogP contribution >= 0.6 is 0 Å². The van der Waals surface area contributed by atoms with E-state index in [1.807, 2.05) is 73.7 Å². The van der Waals surface area contributed by atoms with Crippen LogP contribution in [0, 0.1) is 6.92 Å². The largest absolute Gasteiger partial charge is 0.282 e. The highest BCUT2D eigenvalue weighted by Crippen LogP contribution is 2.16. The van der Waals surface area contributed by atoms with Gasteiger partial charge in [-0.05, 0) is 30.7 Å². The summed E-state index contributed by atoms with van der Waals surface area (Å²) in [6, 6.07) is 25.7. The van der Waals surface area contributed by atoms with Crippen molar-refractivity contribution in [3.63, 3.8) is 0 Å². The van der Waals surface area contributed by atoms with Crippen LogP contribution < -0.4 is 0 Å². The summed E-state index contributed by atoms with van der Waals surface area (Å²) in [6.45, 7) is 1.91. The monoisotopic (exact) mass is 361 g/mol. The lowest BCUT2D eigenvalue weighted by Crippen LogP contribution is -2.04. The van der Waals surface area contributed by atoms with E-state index in [0.29, 0.717) is 5.71 Å². The quantitative estimate of drug-likeness (QED) is 0.608. The molecule has 0 bridgehead atoms. The second-order valence-corrected chi connectivity index (χ2v) is 7.48. The third kappa shape index (κ3) is 4.55. The molecule has 0 N–H and O–H groups in total. The standard InChI is InChI=1S/C22H19NO2S/c1-18-12-15-21(16-13-18)26(24,25)23-22(20-10-6-3-7-11-20)17-14-19-8-4-2-5-9-19/h2-17H,1H3/b17-14+,23-22-. The molecular weight excluding hydrogens is 342 g/mol. The Hall–Kier alpha value is -2.98.